The third kappa shape index (κ3) is 3.69. The predicted octanol–water partition coefficient (Wildman–Crippen LogP) is 9.50. The molecule has 0 aliphatic carbocycles. The van der Waals surface area contributed by atoms with Gasteiger partial charge in [-0.2, -0.15) is 0 Å². The number of para-hydroxylation sites is 3. The lowest BCUT2D eigenvalue weighted by Gasteiger charge is -2.34. The minimum absolute atomic E-state index is 0.771. The van der Waals surface area contributed by atoms with Gasteiger partial charge in [-0.3, -0.25) is 9.98 Å². The molecule has 8 rings (SSSR count). The van der Waals surface area contributed by atoms with Crippen molar-refractivity contribution in [2.45, 2.75) is 6.54 Å². The number of hydrogen-bond acceptors (Lipinski definition) is 3. The van der Waals surface area contributed by atoms with Crippen molar-refractivity contribution >= 4 is 45.6 Å². The summed E-state index contributed by atoms with van der Waals surface area (Å²) in [6.07, 6.45) is 3.73. The summed E-state index contributed by atoms with van der Waals surface area (Å²) in [5.74, 6) is 0. The molecule has 3 heterocycles. The van der Waals surface area contributed by atoms with Gasteiger partial charge in [0.1, 0.15) is 0 Å². The maximum Gasteiger partial charge on any atom is 0.0859 e. The van der Waals surface area contributed by atoms with E-state index >= 15 is 0 Å². The summed E-state index contributed by atoms with van der Waals surface area (Å²) in [5, 5.41) is 2.45. The second-order valence-electron chi connectivity index (χ2n) is 10.4. The Morgan fingerprint density at radius 1 is 0.634 bits per heavy atom. The molecule has 0 radical (unpaired) electrons. The minimum Gasteiger partial charge on any atom is -0.335 e. The lowest BCUT2D eigenvalue weighted by Crippen LogP contribution is -2.21. The number of fused-ring (bicyclic) bond motifs is 6. The van der Waals surface area contributed by atoms with Gasteiger partial charge in [-0.25, -0.2) is 0 Å². The van der Waals surface area contributed by atoms with Gasteiger partial charge in [0.15, 0.2) is 0 Å². The maximum atomic E-state index is 4.36. The van der Waals surface area contributed by atoms with Gasteiger partial charge < -0.3 is 9.47 Å². The highest BCUT2D eigenvalue weighted by Crippen LogP contribution is 2.48. The first kappa shape index (κ1) is 23.4. The third-order valence-electron chi connectivity index (χ3n) is 8.16. The lowest BCUT2D eigenvalue weighted by atomic mass is 9.91. The van der Waals surface area contributed by atoms with Crippen molar-refractivity contribution in [1.29, 1.82) is 0 Å². The van der Waals surface area contributed by atoms with Crippen molar-refractivity contribution < 1.29 is 0 Å². The number of anilines is 2. The van der Waals surface area contributed by atoms with Crippen LogP contribution in [0.25, 0.3) is 49.7 Å². The van der Waals surface area contributed by atoms with Gasteiger partial charge in [-0.15, -0.1) is 0 Å². The standard InChI is InChI=1S/C37H26N4/c1-38-33-16-5-7-18-35(33)40-24-27-10-2-3-14-29(27)31-22-37-32(21-36(31)40)30-15-4-6-17-34(30)41(37)28-13-8-11-25(20-28)26-12-9-19-39-23-26/h2-23H,1,24H2. The molecule has 0 N–H and O–H groups in total. The zero-order valence-corrected chi connectivity index (χ0v) is 22.4. The van der Waals surface area contributed by atoms with E-state index in [1.54, 1.807) is 0 Å². The Labute approximate surface area is 238 Å². The Balaban J connectivity index is 1.43. The number of aromatic nitrogens is 2. The molecule has 4 heteroatoms. The second kappa shape index (κ2) is 9.32. The van der Waals surface area contributed by atoms with E-state index in [2.05, 4.69) is 129 Å². The zero-order chi connectivity index (χ0) is 27.3. The number of pyridine rings is 1. The van der Waals surface area contributed by atoms with E-state index in [0.29, 0.717) is 0 Å². The molecule has 4 nitrogen and oxygen atoms in total. The van der Waals surface area contributed by atoms with E-state index in [1.165, 1.54) is 44.2 Å². The lowest BCUT2D eigenvalue weighted by molar-refractivity contribution is 0.962. The summed E-state index contributed by atoms with van der Waals surface area (Å²) in [4.78, 5) is 11.1. The second-order valence-corrected chi connectivity index (χ2v) is 10.4. The molecule has 194 valence electrons. The summed E-state index contributed by atoms with van der Waals surface area (Å²) >= 11 is 0. The molecule has 5 aromatic carbocycles. The summed E-state index contributed by atoms with van der Waals surface area (Å²) in [6, 6.07) is 43.2. The molecule has 0 saturated carbocycles. The van der Waals surface area contributed by atoms with Crippen LogP contribution in [0, 0.1) is 0 Å². The average molecular weight is 527 g/mol. The van der Waals surface area contributed by atoms with Crippen LogP contribution in [0.5, 0.6) is 0 Å². The Kier molecular flexibility index (Phi) is 5.32. The Hall–Kier alpha value is -5.48. The molecular formula is C37H26N4. The quantitative estimate of drug-likeness (QED) is 0.214. The SMILES string of the molecule is C=Nc1ccccc1N1Cc2ccccc2-c2cc3c(cc21)c1ccccc1n3-c1cccc(-c2cccnc2)c1. The van der Waals surface area contributed by atoms with Crippen LogP contribution in [0.2, 0.25) is 0 Å². The largest absolute Gasteiger partial charge is 0.335 e. The van der Waals surface area contributed by atoms with Crippen LogP contribution in [0.1, 0.15) is 5.56 Å². The van der Waals surface area contributed by atoms with Crippen molar-refractivity contribution in [3.63, 3.8) is 0 Å². The molecule has 1 aliphatic heterocycles. The fraction of sp³-hybridized carbons (Fsp3) is 0.0270. The fourth-order valence-corrected chi connectivity index (χ4v) is 6.30. The molecule has 2 aromatic heterocycles. The van der Waals surface area contributed by atoms with Crippen molar-refractivity contribution in [3.05, 3.63) is 139 Å². The van der Waals surface area contributed by atoms with Gasteiger partial charge in [-0.05, 0) is 71.9 Å². The molecule has 0 bridgehead atoms. The number of nitrogens with zero attached hydrogens (tertiary/aromatic N) is 4. The predicted molar refractivity (Wildman–Crippen MR) is 171 cm³/mol. The van der Waals surface area contributed by atoms with Gasteiger partial charge in [0.25, 0.3) is 0 Å². The van der Waals surface area contributed by atoms with Gasteiger partial charge >= 0.3 is 0 Å². The van der Waals surface area contributed by atoms with Crippen LogP contribution in [-0.2, 0) is 6.54 Å². The topological polar surface area (TPSA) is 33.4 Å². The molecule has 7 aromatic rings. The Morgan fingerprint density at radius 3 is 2.37 bits per heavy atom. The van der Waals surface area contributed by atoms with E-state index < -0.39 is 0 Å². The molecule has 0 amide bonds. The maximum absolute atomic E-state index is 4.36. The van der Waals surface area contributed by atoms with Gasteiger partial charge in [-0.1, -0.05) is 72.8 Å². The van der Waals surface area contributed by atoms with Gasteiger partial charge in [0, 0.05) is 46.5 Å². The number of rotatable bonds is 4. The van der Waals surface area contributed by atoms with Crippen LogP contribution in [0.15, 0.2) is 139 Å². The molecule has 0 atom stereocenters. The van der Waals surface area contributed by atoms with Crippen molar-refractivity contribution in [1.82, 2.24) is 9.55 Å². The highest BCUT2D eigenvalue weighted by atomic mass is 15.2. The highest BCUT2D eigenvalue weighted by molar-refractivity contribution is 6.13. The van der Waals surface area contributed by atoms with Crippen molar-refractivity contribution in [2.24, 2.45) is 4.99 Å². The number of benzene rings is 5. The Morgan fingerprint density at radius 2 is 1.46 bits per heavy atom. The third-order valence-corrected chi connectivity index (χ3v) is 8.16. The van der Waals surface area contributed by atoms with Crippen LogP contribution in [-0.4, -0.2) is 16.3 Å². The van der Waals surface area contributed by atoms with E-state index in [1.807, 2.05) is 30.6 Å². The fourth-order valence-electron chi connectivity index (χ4n) is 6.30. The summed E-state index contributed by atoms with van der Waals surface area (Å²) in [6.45, 7) is 4.63. The van der Waals surface area contributed by atoms with Gasteiger partial charge in [0.2, 0.25) is 0 Å². The van der Waals surface area contributed by atoms with Crippen LogP contribution in [0.3, 0.4) is 0 Å². The van der Waals surface area contributed by atoms with Gasteiger partial charge in [0.05, 0.1) is 28.1 Å². The van der Waals surface area contributed by atoms with E-state index in [-0.39, 0.29) is 0 Å². The first-order chi connectivity index (χ1) is 20.3. The Bertz CT molecular complexity index is 2110. The molecule has 0 spiro atoms. The average Bonchev–Trinajstić information content (AvgIpc) is 3.37. The first-order valence-corrected chi connectivity index (χ1v) is 13.8. The molecule has 0 fully saturated rings. The zero-order valence-electron chi connectivity index (χ0n) is 22.4. The van der Waals surface area contributed by atoms with Crippen LogP contribution < -0.4 is 4.90 Å². The monoisotopic (exact) mass is 526 g/mol. The highest BCUT2D eigenvalue weighted by Gasteiger charge is 2.27. The summed E-state index contributed by atoms with van der Waals surface area (Å²) in [5.41, 5.74) is 12.6. The van der Waals surface area contributed by atoms with Crippen LogP contribution >= 0.6 is 0 Å². The molecular weight excluding hydrogens is 500 g/mol. The normalized spacial score (nSPS) is 12.3. The first-order valence-electron chi connectivity index (χ1n) is 13.8. The minimum atomic E-state index is 0.771. The van der Waals surface area contributed by atoms with Crippen LogP contribution in [0.4, 0.5) is 17.1 Å². The molecule has 41 heavy (non-hydrogen) atoms. The smallest absolute Gasteiger partial charge is 0.0859 e. The summed E-state index contributed by atoms with van der Waals surface area (Å²) in [7, 11) is 0. The van der Waals surface area contributed by atoms with Crippen molar-refractivity contribution in [3.8, 4) is 27.9 Å². The summed E-state index contributed by atoms with van der Waals surface area (Å²) < 4.78 is 2.39. The molecule has 1 aliphatic rings. The van der Waals surface area contributed by atoms with Crippen molar-refractivity contribution in [2.75, 3.05) is 4.90 Å². The van der Waals surface area contributed by atoms with E-state index in [4.69, 9.17) is 0 Å². The molecule has 0 unspecified atom stereocenters. The van der Waals surface area contributed by atoms with E-state index in [9.17, 15) is 0 Å². The van der Waals surface area contributed by atoms with E-state index in [0.717, 1.165) is 34.7 Å². The number of hydrogen-bond donors (Lipinski definition) is 0. The number of aliphatic imine (C=N–C) groups is 1. The molecule has 0 saturated heterocycles.